The number of thioether (sulfide) groups is 1. The van der Waals surface area contributed by atoms with Crippen molar-refractivity contribution in [2.45, 2.75) is 28.8 Å². The standard InChI is InChI=1S/C24H26Cl3N3O5S/c25-24(26,27)16-35-23(32)36-15-19(29-22(31)34-14-17-6-2-1-3-7-17)13-30(33)11-10-18-12-28-21-9-5-4-8-20(18)21/h1-9,13,18-19,28H,10-12,14-16H2,(H,29,31)/b30-13-/t18?,19-/m1/s1. The van der Waals surface area contributed by atoms with Crippen LogP contribution in [0.4, 0.5) is 15.3 Å². The van der Waals surface area contributed by atoms with Gasteiger partial charge in [0.2, 0.25) is 3.79 Å². The normalized spacial score (nSPS) is 16.0. The largest absolute Gasteiger partial charge is 0.624 e. The molecule has 3 rings (SSSR count). The van der Waals surface area contributed by atoms with E-state index in [2.05, 4.69) is 10.6 Å². The van der Waals surface area contributed by atoms with Crippen LogP contribution in [0.2, 0.25) is 0 Å². The van der Waals surface area contributed by atoms with Gasteiger partial charge in [0.15, 0.2) is 12.8 Å². The quantitative estimate of drug-likeness (QED) is 0.0937. The van der Waals surface area contributed by atoms with Gasteiger partial charge in [-0.1, -0.05) is 83.3 Å². The summed E-state index contributed by atoms with van der Waals surface area (Å²) in [5.41, 5.74) is 3.07. The maximum absolute atomic E-state index is 12.7. The maximum Gasteiger partial charge on any atom is 0.408 e. The molecule has 8 nitrogen and oxygen atoms in total. The third-order valence-corrected chi connectivity index (χ3v) is 6.44. The summed E-state index contributed by atoms with van der Waals surface area (Å²) >= 11 is 17.5. The molecule has 36 heavy (non-hydrogen) atoms. The van der Waals surface area contributed by atoms with E-state index in [0.29, 0.717) is 6.42 Å². The summed E-state index contributed by atoms with van der Waals surface area (Å²) in [5, 5.41) is 17.9. The Hall–Kier alpha value is -2.33. The number of hydrogen-bond acceptors (Lipinski definition) is 7. The number of carbonyl (C=O) groups is 2. The molecule has 0 fully saturated rings. The molecule has 0 saturated heterocycles. The van der Waals surface area contributed by atoms with Gasteiger partial charge in [-0.25, -0.2) is 14.3 Å². The van der Waals surface area contributed by atoms with Gasteiger partial charge in [0.1, 0.15) is 19.3 Å². The van der Waals surface area contributed by atoms with Crippen molar-refractivity contribution in [3.63, 3.8) is 0 Å². The highest BCUT2D eigenvalue weighted by molar-refractivity contribution is 8.13. The zero-order chi connectivity index (χ0) is 26.0. The van der Waals surface area contributed by atoms with Gasteiger partial charge >= 0.3 is 11.4 Å². The fourth-order valence-electron chi connectivity index (χ4n) is 3.55. The molecule has 0 saturated carbocycles. The average Bonchev–Trinajstić information content (AvgIpc) is 3.27. The number of alkyl halides is 3. The van der Waals surface area contributed by atoms with Crippen LogP contribution in [-0.4, -0.2) is 57.6 Å². The molecule has 0 radical (unpaired) electrons. The number of alkyl carbamates (subject to hydrolysis) is 1. The van der Waals surface area contributed by atoms with Crippen molar-refractivity contribution in [3.8, 4) is 0 Å². The van der Waals surface area contributed by atoms with Crippen LogP contribution in [0.3, 0.4) is 0 Å². The van der Waals surface area contributed by atoms with E-state index in [9.17, 15) is 14.8 Å². The third-order valence-electron chi connectivity index (χ3n) is 5.23. The van der Waals surface area contributed by atoms with Gasteiger partial charge in [0, 0.05) is 30.3 Å². The number of nitrogens with zero attached hydrogens (tertiary/aromatic N) is 1. The molecule has 2 atom stereocenters. The Bertz CT molecular complexity index is 1050. The second kappa shape index (κ2) is 13.8. The zero-order valence-electron chi connectivity index (χ0n) is 19.2. The van der Waals surface area contributed by atoms with Crippen LogP contribution in [0.25, 0.3) is 0 Å². The van der Waals surface area contributed by atoms with Crippen molar-refractivity contribution < 1.29 is 23.8 Å². The number of amides is 1. The Kier molecular flexibility index (Phi) is 10.9. The van der Waals surface area contributed by atoms with Crippen LogP contribution >= 0.6 is 46.6 Å². The molecule has 1 unspecified atom stereocenters. The van der Waals surface area contributed by atoms with Gasteiger partial charge in [0.05, 0.1) is 0 Å². The summed E-state index contributed by atoms with van der Waals surface area (Å²) in [4.78, 5) is 24.4. The highest BCUT2D eigenvalue weighted by Gasteiger charge is 2.25. The lowest BCUT2D eigenvalue weighted by molar-refractivity contribution is -0.455. The van der Waals surface area contributed by atoms with Gasteiger partial charge in [-0.15, -0.1) is 0 Å². The molecule has 0 spiro atoms. The lowest BCUT2D eigenvalue weighted by Crippen LogP contribution is -2.40. The first kappa shape index (κ1) is 28.2. The van der Waals surface area contributed by atoms with Gasteiger partial charge in [-0.2, -0.15) is 0 Å². The Morgan fingerprint density at radius 1 is 1.17 bits per heavy atom. The summed E-state index contributed by atoms with van der Waals surface area (Å²) < 4.78 is 9.16. The minimum atomic E-state index is -1.74. The number of hydrogen-bond donors (Lipinski definition) is 2. The number of ether oxygens (including phenoxy) is 2. The summed E-state index contributed by atoms with van der Waals surface area (Å²) in [6.07, 6.45) is 1.21. The molecule has 1 heterocycles. The molecule has 2 N–H and O–H groups in total. The van der Waals surface area contributed by atoms with Gasteiger partial charge < -0.3 is 25.3 Å². The molecule has 1 aliphatic heterocycles. The fraction of sp³-hybridized carbons (Fsp3) is 0.375. The van der Waals surface area contributed by atoms with Crippen LogP contribution in [0, 0.1) is 5.21 Å². The van der Waals surface area contributed by atoms with E-state index in [-0.39, 0.29) is 24.8 Å². The van der Waals surface area contributed by atoms with Crippen molar-refractivity contribution in [1.82, 2.24) is 5.32 Å². The number of halogens is 3. The van der Waals surface area contributed by atoms with E-state index in [4.69, 9.17) is 44.3 Å². The van der Waals surface area contributed by atoms with Gasteiger partial charge in [-0.05, 0) is 29.0 Å². The number of carbonyl (C=O) groups excluding carboxylic acids is 2. The van der Waals surface area contributed by atoms with E-state index < -0.39 is 27.8 Å². The minimum absolute atomic E-state index is 0.0195. The molecule has 0 aromatic heterocycles. The van der Waals surface area contributed by atoms with Gasteiger partial charge in [-0.3, -0.25) is 0 Å². The predicted octanol–water partition coefficient (Wildman–Crippen LogP) is 5.70. The summed E-state index contributed by atoms with van der Waals surface area (Å²) in [5.74, 6) is 0.227. The highest BCUT2D eigenvalue weighted by Crippen LogP contribution is 2.33. The lowest BCUT2D eigenvalue weighted by Gasteiger charge is -2.16. The second-order valence-corrected chi connectivity index (χ2v) is 11.5. The molecule has 1 aliphatic rings. The number of hydroxylamine groups is 1. The molecular formula is C24H26Cl3N3O5S. The summed E-state index contributed by atoms with van der Waals surface area (Å²) in [6, 6.07) is 16.4. The number of anilines is 1. The van der Waals surface area contributed by atoms with Crippen molar-refractivity contribution in [1.29, 1.82) is 0 Å². The van der Waals surface area contributed by atoms with E-state index in [1.807, 2.05) is 54.6 Å². The number of nitrogens with one attached hydrogen (secondary N) is 2. The molecule has 2 aromatic carbocycles. The van der Waals surface area contributed by atoms with Crippen LogP contribution < -0.4 is 10.6 Å². The van der Waals surface area contributed by atoms with E-state index in [1.165, 1.54) is 11.8 Å². The Morgan fingerprint density at radius 3 is 2.64 bits per heavy atom. The van der Waals surface area contributed by atoms with Gasteiger partial charge in [0.25, 0.3) is 0 Å². The molecular weight excluding hydrogens is 549 g/mol. The molecule has 12 heteroatoms. The first-order valence-electron chi connectivity index (χ1n) is 11.1. The van der Waals surface area contributed by atoms with Crippen molar-refractivity contribution in [3.05, 3.63) is 70.9 Å². The van der Waals surface area contributed by atoms with E-state index in [0.717, 1.165) is 34.3 Å². The highest BCUT2D eigenvalue weighted by atomic mass is 35.6. The summed E-state index contributed by atoms with van der Waals surface area (Å²) in [7, 11) is 0. The smallest absolute Gasteiger partial charge is 0.408 e. The SMILES string of the molecule is O=C(N[C@H](/C=[N+](\[O-])CCC1CNc2ccccc21)CSC(=O)OCC(Cl)(Cl)Cl)OCc1ccccc1. The molecule has 194 valence electrons. The third kappa shape index (κ3) is 9.97. The fourth-order valence-corrected chi connectivity index (χ4v) is 4.34. The number of benzene rings is 2. The van der Waals surface area contributed by atoms with Crippen LogP contribution in [0.15, 0.2) is 54.6 Å². The van der Waals surface area contributed by atoms with E-state index in [1.54, 1.807) is 0 Å². The number of para-hydroxylation sites is 1. The van der Waals surface area contributed by atoms with Crippen molar-refractivity contribution >= 4 is 69.9 Å². The first-order valence-corrected chi connectivity index (χ1v) is 13.3. The zero-order valence-corrected chi connectivity index (χ0v) is 22.3. The molecule has 0 aliphatic carbocycles. The first-order chi connectivity index (χ1) is 17.2. The predicted molar refractivity (Wildman–Crippen MR) is 144 cm³/mol. The maximum atomic E-state index is 12.7. The average molecular weight is 575 g/mol. The topological polar surface area (TPSA) is 103 Å². The Labute approximate surface area is 228 Å². The van der Waals surface area contributed by atoms with Crippen LogP contribution in [-0.2, 0) is 16.1 Å². The monoisotopic (exact) mass is 573 g/mol. The summed E-state index contributed by atoms with van der Waals surface area (Å²) in [6.45, 7) is 0.605. The second-order valence-electron chi connectivity index (χ2n) is 8.02. The minimum Gasteiger partial charge on any atom is -0.624 e. The van der Waals surface area contributed by atoms with Crippen LogP contribution in [0.5, 0.6) is 0 Å². The lowest BCUT2D eigenvalue weighted by atomic mass is 9.98. The van der Waals surface area contributed by atoms with E-state index >= 15 is 0 Å². The molecule has 2 aromatic rings. The molecule has 1 amide bonds. The van der Waals surface area contributed by atoms with Crippen molar-refractivity contribution in [2.24, 2.45) is 0 Å². The Balaban J connectivity index is 1.56. The van der Waals surface area contributed by atoms with Crippen molar-refractivity contribution in [2.75, 3.05) is 30.8 Å². The number of fused-ring (bicyclic) bond motifs is 1. The number of rotatable bonds is 10. The molecule has 0 bridgehead atoms. The Morgan fingerprint density at radius 2 is 1.89 bits per heavy atom. The van der Waals surface area contributed by atoms with Crippen LogP contribution in [0.1, 0.15) is 23.5 Å².